The Morgan fingerprint density at radius 1 is 0.950 bits per heavy atom. The molecule has 0 aliphatic carbocycles. The summed E-state index contributed by atoms with van der Waals surface area (Å²) >= 11 is 0. The predicted octanol–water partition coefficient (Wildman–Crippen LogP) is 3.11. The van der Waals surface area contributed by atoms with Crippen LogP contribution in [-0.2, 0) is 6.61 Å². The quantitative estimate of drug-likeness (QED) is 0.547. The molecule has 0 unspecified atom stereocenters. The van der Waals surface area contributed by atoms with E-state index in [2.05, 4.69) is 0 Å². The monoisotopic (exact) mass is 270 g/mol. The Morgan fingerprint density at radius 2 is 1.75 bits per heavy atom. The molecule has 0 saturated heterocycles. The van der Waals surface area contributed by atoms with Crippen LogP contribution in [0, 0.1) is 0 Å². The molecule has 5 nitrogen and oxygen atoms in total. The van der Waals surface area contributed by atoms with E-state index in [1.54, 1.807) is 12.1 Å². The lowest BCUT2D eigenvalue weighted by atomic mass is 10.0. The third kappa shape index (κ3) is 1.37. The molecule has 1 aliphatic rings. The molecule has 0 spiro atoms. The number of phenolic OH excluding ortho intramolecular Hbond substituents is 3. The van der Waals surface area contributed by atoms with Crippen molar-refractivity contribution in [3.63, 3.8) is 0 Å². The first kappa shape index (κ1) is 11.0. The summed E-state index contributed by atoms with van der Waals surface area (Å²) in [5.41, 5.74) is 2.03. The van der Waals surface area contributed by atoms with Gasteiger partial charge in [0, 0.05) is 23.1 Å². The van der Waals surface area contributed by atoms with Crippen LogP contribution >= 0.6 is 0 Å². The second kappa shape index (κ2) is 3.60. The van der Waals surface area contributed by atoms with Crippen LogP contribution in [0.3, 0.4) is 0 Å². The van der Waals surface area contributed by atoms with E-state index in [0.29, 0.717) is 22.5 Å². The van der Waals surface area contributed by atoms with Crippen molar-refractivity contribution in [2.75, 3.05) is 0 Å². The van der Waals surface area contributed by atoms with E-state index in [1.807, 2.05) is 0 Å². The lowest BCUT2D eigenvalue weighted by molar-refractivity contribution is 0.298. The zero-order valence-electron chi connectivity index (χ0n) is 10.3. The van der Waals surface area contributed by atoms with Crippen LogP contribution in [-0.4, -0.2) is 15.3 Å². The first-order valence-corrected chi connectivity index (χ1v) is 6.07. The minimum atomic E-state index is -0.226. The second-order valence-corrected chi connectivity index (χ2v) is 4.72. The Morgan fingerprint density at radius 3 is 2.60 bits per heavy atom. The SMILES string of the molecule is Oc1ccc2c(c1)OCc1c-2oc2cc(O)c(O)cc12. The van der Waals surface area contributed by atoms with Crippen LogP contribution in [0.15, 0.2) is 34.7 Å². The average molecular weight is 270 g/mol. The maximum Gasteiger partial charge on any atom is 0.161 e. The van der Waals surface area contributed by atoms with E-state index >= 15 is 0 Å². The standard InChI is InChI=1S/C15H10O5/c16-7-1-2-8-13(3-7)19-6-10-9-4-11(17)12(18)5-14(9)20-15(8)10/h1-5,16-18H,6H2. The van der Waals surface area contributed by atoms with Crippen molar-refractivity contribution in [2.24, 2.45) is 0 Å². The highest BCUT2D eigenvalue weighted by molar-refractivity contribution is 5.92. The van der Waals surface area contributed by atoms with Crippen LogP contribution in [0.1, 0.15) is 5.56 Å². The van der Waals surface area contributed by atoms with Gasteiger partial charge in [-0.1, -0.05) is 0 Å². The largest absolute Gasteiger partial charge is 0.508 e. The van der Waals surface area contributed by atoms with Crippen molar-refractivity contribution in [3.05, 3.63) is 35.9 Å². The molecule has 5 heteroatoms. The van der Waals surface area contributed by atoms with Gasteiger partial charge in [0.05, 0.1) is 5.56 Å². The Labute approximate surface area is 113 Å². The lowest BCUT2D eigenvalue weighted by Gasteiger charge is -2.16. The van der Waals surface area contributed by atoms with Crippen LogP contribution in [0.2, 0.25) is 0 Å². The van der Waals surface area contributed by atoms with E-state index in [1.165, 1.54) is 18.2 Å². The zero-order valence-corrected chi connectivity index (χ0v) is 10.3. The van der Waals surface area contributed by atoms with Crippen molar-refractivity contribution in [3.8, 4) is 34.3 Å². The number of aromatic hydroxyl groups is 3. The van der Waals surface area contributed by atoms with Gasteiger partial charge in [-0.3, -0.25) is 0 Å². The summed E-state index contributed by atoms with van der Waals surface area (Å²) in [6.07, 6.45) is 0. The second-order valence-electron chi connectivity index (χ2n) is 4.72. The first-order chi connectivity index (χ1) is 9.63. The van der Waals surface area contributed by atoms with Crippen molar-refractivity contribution < 1.29 is 24.5 Å². The third-order valence-electron chi connectivity index (χ3n) is 3.47. The summed E-state index contributed by atoms with van der Waals surface area (Å²) in [6.45, 7) is 0.281. The summed E-state index contributed by atoms with van der Waals surface area (Å²) in [6, 6.07) is 7.63. The van der Waals surface area contributed by atoms with Crippen LogP contribution in [0.25, 0.3) is 22.3 Å². The molecule has 0 fully saturated rings. The van der Waals surface area contributed by atoms with Crippen LogP contribution < -0.4 is 4.74 Å². The molecule has 2 aromatic carbocycles. The molecule has 0 amide bonds. The normalized spacial score (nSPS) is 12.8. The molecular formula is C15H10O5. The Balaban J connectivity index is 2.04. The highest BCUT2D eigenvalue weighted by Crippen LogP contribution is 2.45. The minimum Gasteiger partial charge on any atom is -0.508 e. The molecule has 1 aromatic heterocycles. The molecule has 3 N–H and O–H groups in total. The van der Waals surface area contributed by atoms with Crippen molar-refractivity contribution in [1.29, 1.82) is 0 Å². The summed E-state index contributed by atoms with van der Waals surface area (Å²) in [5.74, 6) is 0.878. The molecular weight excluding hydrogens is 260 g/mol. The summed E-state index contributed by atoms with van der Waals surface area (Å²) in [4.78, 5) is 0. The number of fused-ring (bicyclic) bond motifs is 5. The lowest BCUT2D eigenvalue weighted by Crippen LogP contribution is -2.03. The molecule has 100 valence electrons. The third-order valence-corrected chi connectivity index (χ3v) is 3.47. The number of benzene rings is 2. The molecule has 1 aliphatic heterocycles. The molecule has 3 aromatic rings. The van der Waals surface area contributed by atoms with E-state index in [-0.39, 0.29) is 23.9 Å². The summed E-state index contributed by atoms with van der Waals surface area (Å²) < 4.78 is 11.4. The smallest absolute Gasteiger partial charge is 0.161 e. The van der Waals surface area contributed by atoms with Gasteiger partial charge in [-0.05, 0) is 18.2 Å². The zero-order chi connectivity index (χ0) is 13.9. The topological polar surface area (TPSA) is 83.1 Å². The van der Waals surface area contributed by atoms with Crippen molar-refractivity contribution >= 4 is 11.0 Å². The summed E-state index contributed by atoms with van der Waals surface area (Å²) in [7, 11) is 0. The van der Waals surface area contributed by atoms with Gasteiger partial charge in [-0.15, -0.1) is 0 Å². The Kier molecular flexibility index (Phi) is 1.99. The van der Waals surface area contributed by atoms with Gasteiger partial charge in [0.25, 0.3) is 0 Å². The molecule has 0 radical (unpaired) electrons. The Bertz CT molecular complexity index is 847. The van der Waals surface area contributed by atoms with Gasteiger partial charge in [0.2, 0.25) is 0 Å². The summed E-state index contributed by atoms with van der Waals surface area (Å²) in [5, 5.41) is 29.3. The average Bonchev–Trinajstić information content (AvgIpc) is 2.77. The number of hydrogen-bond donors (Lipinski definition) is 3. The number of ether oxygens (including phenoxy) is 1. The van der Waals surface area contributed by atoms with Gasteiger partial charge in [-0.25, -0.2) is 0 Å². The number of phenols is 3. The molecule has 20 heavy (non-hydrogen) atoms. The van der Waals surface area contributed by atoms with E-state index in [0.717, 1.165) is 11.1 Å². The molecule has 0 atom stereocenters. The number of furan rings is 1. The van der Waals surface area contributed by atoms with Gasteiger partial charge in [-0.2, -0.15) is 0 Å². The molecule has 4 rings (SSSR count). The minimum absolute atomic E-state index is 0.124. The van der Waals surface area contributed by atoms with E-state index < -0.39 is 0 Å². The fourth-order valence-electron chi connectivity index (χ4n) is 2.50. The fourth-order valence-corrected chi connectivity index (χ4v) is 2.50. The Hall–Kier alpha value is -2.82. The van der Waals surface area contributed by atoms with Gasteiger partial charge in [0.1, 0.15) is 29.4 Å². The van der Waals surface area contributed by atoms with Gasteiger partial charge < -0.3 is 24.5 Å². The number of hydrogen-bond acceptors (Lipinski definition) is 5. The van der Waals surface area contributed by atoms with Gasteiger partial charge in [0.15, 0.2) is 11.5 Å². The van der Waals surface area contributed by atoms with Crippen LogP contribution in [0.4, 0.5) is 0 Å². The molecule has 2 heterocycles. The highest BCUT2D eigenvalue weighted by Gasteiger charge is 2.25. The van der Waals surface area contributed by atoms with Crippen LogP contribution in [0.5, 0.6) is 23.0 Å². The van der Waals surface area contributed by atoms with E-state index in [9.17, 15) is 15.3 Å². The first-order valence-electron chi connectivity index (χ1n) is 6.07. The highest BCUT2D eigenvalue weighted by atomic mass is 16.5. The predicted molar refractivity (Wildman–Crippen MR) is 71.0 cm³/mol. The van der Waals surface area contributed by atoms with Crippen molar-refractivity contribution in [2.45, 2.75) is 6.61 Å². The maximum atomic E-state index is 9.60. The maximum absolute atomic E-state index is 9.60. The van der Waals surface area contributed by atoms with E-state index in [4.69, 9.17) is 9.15 Å². The fraction of sp³-hybridized carbons (Fsp3) is 0.0667. The van der Waals surface area contributed by atoms with Gasteiger partial charge >= 0.3 is 0 Å². The van der Waals surface area contributed by atoms with Crippen molar-refractivity contribution in [1.82, 2.24) is 0 Å². The molecule has 0 bridgehead atoms. The molecule has 0 saturated carbocycles. The number of rotatable bonds is 0.